The molecule has 0 unspecified atom stereocenters. The Balaban J connectivity index is 1.58. The molecule has 9 nitrogen and oxygen atoms in total. The standard InChI is InChI=1S/C23H31N7O2/c1-18-7-9-19(10-8-18)17-26-22-28-21(25-12-14-32-16-15-31-13-11-24)29-23(30-22)27-20-5-3-2-4-6-20/h2-10H,11-17,24H2,1H3,(H3,25,26,27,28,29,30). The molecule has 0 fully saturated rings. The van der Waals surface area contributed by atoms with E-state index in [1.807, 2.05) is 30.3 Å². The highest BCUT2D eigenvalue weighted by Gasteiger charge is 2.07. The van der Waals surface area contributed by atoms with Gasteiger partial charge in [-0.15, -0.1) is 0 Å². The number of ether oxygens (including phenoxy) is 2. The van der Waals surface area contributed by atoms with Gasteiger partial charge >= 0.3 is 0 Å². The maximum absolute atomic E-state index is 5.54. The number of para-hydroxylation sites is 1. The molecule has 1 heterocycles. The molecule has 170 valence electrons. The van der Waals surface area contributed by atoms with Gasteiger partial charge in [0.05, 0.1) is 26.4 Å². The number of aromatic nitrogens is 3. The molecule has 3 rings (SSSR count). The van der Waals surface area contributed by atoms with Crippen molar-refractivity contribution in [1.82, 2.24) is 15.0 Å². The van der Waals surface area contributed by atoms with E-state index in [1.165, 1.54) is 5.56 Å². The third kappa shape index (κ3) is 8.46. The van der Waals surface area contributed by atoms with Gasteiger partial charge in [-0.3, -0.25) is 0 Å². The maximum atomic E-state index is 5.54. The molecule has 0 saturated carbocycles. The van der Waals surface area contributed by atoms with Crippen molar-refractivity contribution in [2.45, 2.75) is 13.5 Å². The Morgan fingerprint density at radius 1 is 0.750 bits per heavy atom. The first-order valence-corrected chi connectivity index (χ1v) is 10.7. The van der Waals surface area contributed by atoms with Crippen molar-refractivity contribution in [3.05, 3.63) is 65.7 Å². The normalized spacial score (nSPS) is 10.7. The lowest BCUT2D eigenvalue weighted by Gasteiger charge is -2.12. The summed E-state index contributed by atoms with van der Waals surface area (Å²) in [4.78, 5) is 13.5. The lowest BCUT2D eigenvalue weighted by molar-refractivity contribution is 0.0547. The van der Waals surface area contributed by atoms with Gasteiger partial charge in [0.2, 0.25) is 17.8 Å². The number of hydrogen-bond acceptors (Lipinski definition) is 9. The summed E-state index contributed by atoms with van der Waals surface area (Å²) < 4.78 is 10.8. The quantitative estimate of drug-likeness (QED) is 0.282. The molecular formula is C23H31N7O2. The molecule has 1 aromatic heterocycles. The zero-order valence-electron chi connectivity index (χ0n) is 18.4. The van der Waals surface area contributed by atoms with Crippen LogP contribution in [0.15, 0.2) is 54.6 Å². The second-order valence-electron chi connectivity index (χ2n) is 7.08. The topological polar surface area (TPSA) is 119 Å². The third-order valence-corrected chi connectivity index (χ3v) is 4.40. The molecule has 0 radical (unpaired) electrons. The number of benzene rings is 2. The molecule has 0 aliphatic heterocycles. The molecule has 9 heteroatoms. The van der Waals surface area contributed by atoms with Crippen molar-refractivity contribution >= 4 is 23.5 Å². The van der Waals surface area contributed by atoms with Crippen molar-refractivity contribution < 1.29 is 9.47 Å². The van der Waals surface area contributed by atoms with Crippen LogP contribution in [0.5, 0.6) is 0 Å². The van der Waals surface area contributed by atoms with E-state index in [4.69, 9.17) is 15.2 Å². The average Bonchev–Trinajstić information content (AvgIpc) is 2.81. The molecule has 0 spiro atoms. The molecule has 0 aliphatic carbocycles. The van der Waals surface area contributed by atoms with Crippen LogP contribution in [0.3, 0.4) is 0 Å². The summed E-state index contributed by atoms with van der Waals surface area (Å²) in [6, 6.07) is 18.1. The average molecular weight is 438 g/mol. The molecule has 3 aromatic rings. The molecule has 0 aliphatic rings. The second-order valence-corrected chi connectivity index (χ2v) is 7.08. The Hall–Kier alpha value is -3.27. The number of anilines is 4. The van der Waals surface area contributed by atoms with Crippen LogP contribution in [0.4, 0.5) is 23.5 Å². The van der Waals surface area contributed by atoms with Crippen LogP contribution < -0.4 is 21.7 Å². The molecule has 0 bridgehead atoms. The van der Waals surface area contributed by atoms with Crippen LogP contribution in [-0.4, -0.2) is 54.5 Å². The number of aryl methyl sites for hydroxylation is 1. The Labute approximate surface area is 188 Å². The minimum absolute atomic E-state index is 0.455. The summed E-state index contributed by atoms with van der Waals surface area (Å²) in [6.45, 7) is 5.85. The summed E-state index contributed by atoms with van der Waals surface area (Å²) in [6.07, 6.45) is 0. The summed E-state index contributed by atoms with van der Waals surface area (Å²) in [5.74, 6) is 1.40. The lowest BCUT2D eigenvalue weighted by atomic mass is 10.1. The number of nitrogens with two attached hydrogens (primary N) is 1. The van der Waals surface area contributed by atoms with Gasteiger partial charge in [0.1, 0.15) is 0 Å². The minimum atomic E-state index is 0.455. The second kappa shape index (κ2) is 13.2. The number of nitrogens with zero attached hydrogens (tertiary/aromatic N) is 3. The van der Waals surface area contributed by atoms with Crippen molar-refractivity contribution in [2.24, 2.45) is 5.73 Å². The summed E-state index contributed by atoms with van der Waals surface area (Å²) in [5, 5.41) is 9.69. The zero-order valence-corrected chi connectivity index (χ0v) is 18.4. The van der Waals surface area contributed by atoms with Crippen molar-refractivity contribution in [3.8, 4) is 0 Å². The Bertz CT molecular complexity index is 923. The van der Waals surface area contributed by atoms with E-state index in [-0.39, 0.29) is 0 Å². The predicted octanol–water partition coefficient (Wildman–Crippen LogP) is 2.94. The number of nitrogens with one attached hydrogen (secondary N) is 3. The fraction of sp³-hybridized carbons (Fsp3) is 0.348. The first-order chi connectivity index (χ1) is 15.7. The zero-order chi connectivity index (χ0) is 22.4. The van der Waals surface area contributed by atoms with Gasteiger partial charge in [-0.2, -0.15) is 15.0 Å². The predicted molar refractivity (Wildman–Crippen MR) is 127 cm³/mol. The van der Waals surface area contributed by atoms with E-state index >= 15 is 0 Å². The van der Waals surface area contributed by atoms with Gasteiger partial charge in [-0.25, -0.2) is 0 Å². The van der Waals surface area contributed by atoms with Gasteiger partial charge in [0.15, 0.2) is 0 Å². The highest BCUT2D eigenvalue weighted by Crippen LogP contribution is 2.16. The van der Waals surface area contributed by atoms with Crippen molar-refractivity contribution in [1.29, 1.82) is 0 Å². The van der Waals surface area contributed by atoms with E-state index in [1.54, 1.807) is 0 Å². The van der Waals surface area contributed by atoms with Crippen molar-refractivity contribution in [2.75, 3.05) is 55.5 Å². The Kier molecular flexibility index (Phi) is 9.66. The molecular weight excluding hydrogens is 406 g/mol. The van der Waals surface area contributed by atoms with Gasteiger partial charge < -0.3 is 31.2 Å². The van der Waals surface area contributed by atoms with Gasteiger partial charge in [0, 0.05) is 25.3 Å². The first-order valence-electron chi connectivity index (χ1n) is 10.7. The molecule has 0 amide bonds. The SMILES string of the molecule is Cc1ccc(CNc2nc(NCCOCCOCCN)nc(Nc3ccccc3)n2)cc1. The van der Waals surface area contributed by atoms with Crippen LogP contribution in [0.1, 0.15) is 11.1 Å². The first kappa shape index (κ1) is 23.4. The van der Waals surface area contributed by atoms with E-state index in [9.17, 15) is 0 Å². The van der Waals surface area contributed by atoms with Gasteiger partial charge in [-0.05, 0) is 24.6 Å². The smallest absolute Gasteiger partial charge is 0.233 e. The third-order valence-electron chi connectivity index (χ3n) is 4.40. The lowest BCUT2D eigenvalue weighted by Crippen LogP contribution is -2.17. The fourth-order valence-corrected chi connectivity index (χ4v) is 2.77. The van der Waals surface area contributed by atoms with Crippen molar-refractivity contribution in [3.63, 3.8) is 0 Å². The highest BCUT2D eigenvalue weighted by atomic mass is 16.5. The monoisotopic (exact) mass is 437 g/mol. The molecule has 0 saturated heterocycles. The molecule has 5 N–H and O–H groups in total. The maximum Gasteiger partial charge on any atom is 0.233 e. The van der Waals surface area contributed by atoms with E-state index < -0.39 is 0 Å². The van der Waals surface area contributed by atoms with Crippen LogP contribution in [0.2, 0.25) is 0 Å². The van der Waals surface area contributed by atoms with E-state index in [0.29, 0.717) is 63.9 Å². The fourth-order valence-electron chi connectivity index (χ4n) is 2.77. The summed E-state index contributed by atoms with van der Waals surface area (Å²) in [5.41, 5.74) is 8.65. The Morgan fingerprint density at radius 2 is 1.41 bits per heavy atom. The van der Waals surface area contributed by atoms with E-state index in [2.05, 4.69) is 62.1 Å². The van der Waals surface area contributed by atoms with Gasteiger partial charge in [-0.1, -0.05) is 48.0 Å². The van der Waals surface area contributed by atoms with Crippen LogP contribution in [0, 0.1) is 6.92 Å². The molecule has 0 atom stereocenters. The largest absolute Gasteiger partial charge is 0.378 e. The van der Waals surface area contributed by atoms with Crippen LogP contribution >= 0.6 is 0 Å². The van der Waals surface area contributed by atoms with Gasteiger partial charge in [0.25, 0.3) is 0 Å². The number of hydrogen-bond donors (Lipinski definition) is 4. The minimum Gasteiger partial charge on any atom is -0.378 e. The van der Waals surface area contributed by atoms with Crippen LogP contribution in [-0.2, 0) is 16.0 Å². The Morgan fingerprint density at radius 3 is 2.12 bits per heavy atom. The summed E-state index contributed by atoms with van der Waals surface area (Å²) >= 11 is 0. The molecule has 2 aromatic carbocycles. The summed E-state index contributed by atoms with van der Waals surface area (Å²) in [7, 11) is 0. The molecule has 32 heavy (non-hydrogen) atoms. The number of rotatable bonds is 14. The highest BCUT2D eigenvalue weighted by molar-refractivity contribution is 5.55. The van der Waals surface area contributed by atoms with Crippen LogP contribution in [0.25, 0.3) is 0 Å². The van der Waals surface area contributed by atoms with E-state index in [0.717, 1.165) is 11.3 Å².